The van der Waals surface area contributed by atoms with Gasteiger partial charge in [-0.25, -0.2) is 4.79 Å². The van der Waals surface area contributed by atoms with Crippen LogP contribution in [0.15, 0.2) is 30.5 Å². The van der Waals surface area contributed by atoms with Crippen molar-refractivity contribution in [1.82, 2.24) is 4.98 Å². The zero-order valence-corrected chi connectivity index (χ0v) is 11.8. The third-order valence-corrected chi connectivity index (χ3v) is 3.19. The number of aromatic hydroxyl groups is 1. The molecule has 1 atom stereocenters. The first-order chi connectivity index (χ1) is 10.6. The Bertz CT molecular complexity index is 703. The molecule has 1 heterocycles. The van der Waals surface area contributed by atoms with E-state index in [4.69, 9.17) is 4.74 Å². The molecule has 0 saturated carbocycles. The average molecular weight is 307 g/mol. The van der Waals surface area contributed by atoms with Gasteiger partial charge in [-0.15, -0.1) is 0 Å². The van der Waals surface area contributed by atoms with Gasteiger partial charge in [0.05, 0.1) is 6.61 Å². The number of rotatable bonds is 5. The van der Waals surface area contributed by atoms with E-state index in [0.29, 0.717) is 16.5 Å². The van der Waals surface area contributed by atoms with Gasteiger partial charge in [-0.3, -0.25) is 14.7 Å². The number of phenols is 1. The number of halogens is 1. The Morgan fingerprint density at radius 1 is 1.32 bits per heavy atom. The van der Waals surface area contributed by atoms with Gasteiger partial charge in [0, 0.05) is 16.1 Å². The molecule has 1 N–H and O–H groups in total. The van der Waals surface area contributed by atoms with E-state index in [0.717, 1.165) is 0 Å². The first-order valence-electron chi connectivity index (χ1n) is 6.63. The Balaban J connectivity index is 2.40. The number of hydrogen-bond donors (Lipinski definition) is 1. The van der Waals surface area contributed by atoms with Crippen LogP contribution in [0.2, 0.25) is 0 Å². The highest BCUT2D eigenvalue weighted by Crippen LogP contribution is 2.27. The molecule has 0 radical (unpaired) electrons. The summed E-state index contributed by atoms with van der Waals surface area (Å²) < 4.78 is 17.0. The molecule has 0 aliphatic carbocycles. The highest BCUT2D eigenvalue weighted by atomic mass is 19.3. The Morgan fingerprint density at radius 2 is 2.09 bits per heavy atom. The van der Waals surface area contributed by atoms with Crippen LogP contribution >= 0.6 is 0 Å². The second kappa shape index (κ2) is 6.84. The first-order valence-corrected chi connectivity index (χ1v) is 6.63. The minimum absolute atomic E-state index is 0.0277. The van der Waals surface area contributed by atoms with E-state index in [9.17, 15) is 19.2 Å². The number of carbonyl (C=O) groups excluding carboxylic acids is 2. The Labute approximate surface area is 125 Å². The van der Waals surface area contributed by atoms with Crippen LogP contribution in [0.1, 0.15) is 12.5 Å². The Kier molecular flexibility index (Phi) is 4.88. The van der Waals surface area contributed by atoms with Gasteiger partial charge < -0.3 is 9.84 Å². The monoisotopic (exact) mass is 307 g/mol. The third kappa shape index (κ3) is 3.13. The number of carbonyl (C=O) groups is 2. The maximum absolute atomic E-state index is 12.2. The number of fused-ring (bicyclic) bond motifs is 1. The van der Waals surface area contributed by atoms with Gasteiger partial charge in [0.2, 0.25) is 0 Å². The van der Waals surface area contributed by atoms with Crippen molar-refractivity contribution in [2.45, 2.75) is 13.3 Å². The average Bonchev–Trinajstić information content (AvgIpc) is 2.54. The largest absolute Gasteiger partial charge is 0.506 e. The van der Waals surface area contributed by atoms with Gasteiger partial charge in [0.15, 0.2) is 5.92 Å². The molecule has 116 valence electrons. The molecular weight excluding hydrogens is 293 g/mol. The normalized spacial score (nSPS) is 11.9. The number of phenolic OH excluding ortho intramolecular Hbond substituents is 1. The number of nitrogens with zero attached hydrogens (tertiary/aromatic N) is 1. The van der Waals surface area contributed by atoms with E-state index in [-0.39, 0.29) is 18.8 Å². The van der Waals surface area contributed by atoms with Crippen LogP contribution in [0.25, 0.3) is 10.9 Å². The molecule has 0 amide bonds. The Morgan fingerprint density at radius 3 is 2.77 bits per heavy atom. The molecule has 1 unspecified atom stereocenters. The van der Waals surface area contributed by atoms with E-state index in [1.165, 1.54) is 18.3 Å². The lowest BCUT2D eigenvalue weighted by Crippen LogP contribution is -2.28. The van der Waals surface area contributed by atoms with Crippen molar-refractivity contribution < 1.29 is 28.9 Å². The van der Waals surface area contributed by atoms with E-state index in [1.807, 2.05) is 0 Å². The summed E-state index contributed by atoms with van der Waals surface area (Å²) >= 11 is 0. The highest BCUT2D eigenvalue weighted by Gasteiger charge is 2.31. The number of pyridine rings is 1. The predicted molar refractivity (Wildman–Crippen MR) is 74.4 cm³/mol. The molecule has 1 aromatic carbocycles. The molecule has 0 saturated heterocycles. The van der Waals surface area contributed by atoms with E-state index in [2.05, 4.69) is 9.93 Å². The van der Waals surface area contributed by atoms with Gasteiger partial charge in [-0.05, 0) is 31.0 Å². The van der Waals surface area contributed by atoms with Gasteiger partial charge in [-0.2, -0.15) is 0 Å². The van der Waals surface area contributed by atoms with Gasteiger partial charge >= 0.3 is 11.9 Å². The molecule has 0 aliphatic heterocycles. The molecule has 0 fully saturated rings. The summed E-state index contributed by atoms with van der Waals surface area (Å²) in [7, 11) is 0. The summed E-state index contributed by atoms with van der Waals surface area (Å²) in [6.07, 6.45) is 1.38. The molecule has 0 bridgehead atoms. The van der Waals surface area contributed by atoms with Crippen LogP contribution in [-0.2, 0) is 25.7 Å². The fourth-order valence-electron chi connectivity index (χ4n) is 2.17. The third-order valence-electron chi connectivity index (χ3n) is 3.19. The van der Waals surface area contributed by atoms with Crippen molar-refractivity contribution in [3.63, 3.8) is 0 Å². The van der Waals surface area contributed by atoms with Crippen LogP contribution in [0.3, 0.4) is 0 Å². The maximum atomic E-state index is 12.2. The molecule has 1 aromatic heterocycles. The molecule has 22 heavy (non-hydrogen) atoms. The highest BCUT2D eigenvalue weighted by molar-refractivity contribution is 5.96. The maximum Gasteiger partial charge on any atom is 0.363 e. The van der Waals surface area contributed by atoms with Gasteiger partial charge in [-0.1, -0.05) is 12.1 Å². The van der Waals surface area contributed by atoms with Crippen LogP contribution < -0.4 is 0 Å². The van der Waals surface area contributed by atoms with Crippen LogP contribution in [0.4, 0.5) is 4.53 Å². The van der Waals surface area contributed by atoms with E-state index < -0.39 is 17.9 Å². The molecule has 7 heteroatoms. The van der Waals surface area contributed by atoms with Crippen molar-refractivity contribution in [1.29, 1.82) is 0 Å². The van der Waals surface area contributed by atoms with Crippen LogP contribution in [-0.4, -0.2) is 28.6 Å². The zero-order chi connectivity index (χ0) is 16.1. The molecule has 2 aromatic rings. The second-order valence-electron chi connectivity index (χ2n) is 4.55. The smallest absolute Gasteiger partial charge is 0.363 e. The fraction of sp³-hybridized carbons (Fsp3) is 0.267. The van der Waals surface area contributed by atoms with Gasteiger partial charge in [0.1, 0.15) is 11.3 Å². The molecule has 0 aliphatic rings. The quantitative estimate of drug-likeness (QED) is 0.672. The minimum Gasteiger partial charge on any atom is -0.506 e. The fourth-order valence-corrected chi connectivity index (χ4v) is 2.17. The SMILES string of the molecule is CCOC(=O)C(Cc1ccc(O)c2ncccc12)C(=O)OF. The molecule has 2 rings (SSSR count). The summed E-state index contributed by atoms with van der Waals surface area (Å²) in [5.74, 6) is -3.63. The van der Waals surface area contributed by atoms with E-state index in [1.54, 1.807) is 19.1 Å². The summed E-state index contributed by atoms with van der Waals surface area (Å²) in [6, 6.07) is 6.27. The van der Waals surface area contributed by atoms with Gasteiger partial charge in [0.25, 0.3) is 0 Å². The van der Waals surface area contributed by atoms with Crippen LogP contribution in [0, 0.1) is 5.92 Å². The van der Waals surface area contributed by atoms with Crippen LogP contribution in [0.5, 0.6) is 5.75 Å². The lowest BCUT2D eigenvalue weighted by molar-refractivity contribution is -0.192. The standard InChI is InChI=1S/C15H14FNO5/c1-2-21-14(19)11(15(20)22-16)8-9-5-6-12(18)13-10(9)4-3-7-17-13/h3-7,11,18H,2,8H2,1H3. The summed E-state index contributed by atoms with van der Waals surface area (Å²) in [5, 5.41) is 10.3. The number of hydrogen-bond acceptors (Lipinski definition) is 6. The first kappa shape index (κ1) is 15.7. The lowest BCUT2D eigenvalue weighted by Gasteiger charge is -2.13. The molecule has 6 nitrogen and oxygen atoms in total. The number of ether oxygens (including phenoxy) is 1. The number of aromatic nitrogens is 1. The van der Waals surface area contributed by atoms with Crippen molar-refractivity contribution in [3.05, 3.63) is 36.0 Å². The lowest BCUT2D eigenvalue weighted by atomic mass is 9.96. The van der Waals surface area contributed by atoms with E-state index >= 15 is 0 Å². The summed E-state index contributed by atoms with van der Waals surface area (Å²) in [4.78, 5) is 30.5. The second-order valence-corrected chi connectivity index (χ2v) is 4.55. The minimum atomic E-state index is -1.42. The van der Waals surface area contributed by atoms with Crippen molar-refractivity contribution in [2.75, 3.05) is 6.61 Å². The summed E-state index contributed by atoms with van der Waals surface area (Å²) in [5.41, 5.74) is 0.876. The number of esters is 1. The van der Waals surface area contributed by atoms with Crippen molar-refractivity contribution >= 4 is 22.8 Å². The molecule has 0 spiro atoms. The number of benzene rings is 1. The van der Waals surface area contributed by atoms with Crippen molar-refractivity contribution in [2.24, 2.45) is 5.92 Å². The summed E-state index contributed by atoms with van der Waals surface area (Å²) in [6.45, 7) is 1.64. The van der Waals surface area contributed by atoms with Crippen molar-refractivity contribution in [3.8, 4) is 5.75 Å². The Hall–Kier alpha value is -2.70. The zero-order valence-electron chi connectivity index (χ0n) is 11.8. The molecular formula is C15H14FNO5. The predicted octanol–water partition coefficient (Wildman–Crippen LogP) is 2.09. The topological polar surface area (TPSA) is 85.7 Å².